The number of benzene rings is 2. The van der Waals surface area contributed by atoms with Crippen molar-refractivity contribution >= 4 is 12.6 Å². The molecule has 0 aliphatic rings. The van der Waals surface area contributed by atoms with E-state index in [-0.39, 0.29) is 24.2 Å². The number of alkyl halides is 3. The Labute approximate surface area is 130 Å². The molecule has 122 valence electrons. The number of ether oxygens (including phenoxy) is 1. The van der Waals surface area contributed by atoms with Gasteiger partial charge in [0.2, 0.25) is 0 Å². The van der Waals surface area contributed by atoms with Crippen molar-refractivity contribution in [2.45, 2.75) is 12.6 Å². The molecule has 2 N–H and O–H groups in total. The highest BCUT2D eigenvalue weighted by molar-refractivity contribution is 6.58. The van der Waals surface area contributed by atoms with Gasteiger partial charge in [0.05, 0.1) is 12.2 Å². The lowest BCUT2D eigenvalue weighted by Gasteiger charge is -2.10. The van der Waals surface area contributed by atoms with Gasteiger partial charge in [0, 0.05) is 17.9 Å². The van der Waals surface area contributed by atoms with Crippen LogP contribution >= 0.6 is 0 Å². The van der Waals surface area contributed by atoms with Crippen molar-refractivity contribution in [3.05, 3.63) is 59.4 Å². The lowest BCUT2D eigenvalue weighted by atomic mass is 9.80. The molecule has 3 nitrogen and oxygen atoms in total. The molecule has 0 radical (unpaired) electrons. The number of hydrogen-bond acceptors (Lipinski definition) is 3. The van der Waals surface area contributed by atoms with Crippen molar-refractivity contribution in [1.29, 1.82) is 0 Å². The van der Waals surface area contributed by atoms with Crippen molar-refractivity contribution in [1.82, 2.24) is 0 Å². The van der Waals surface area contributed by atoms with E-state index in [4.69, 9.17) is 14.8 Å². The monoisotopic (exact) mass is 328 g/mol. The smallest absolute Gasteiger partial charge is 0.491 e. The molecular weight excluding hydrogens is 315 g/mol. The zero-order valence-electron chi connectivity index (χ0n) is 11.8. The highest BCUT2D eigenvalue weighted by Gasteiger charge is 2.30. The Balaban J connectivity index is 1.96. The highest BCUT2D eigenvalue weighted by Crippen LogP contribution is 2.29. The van der Waals surface area contributed by atoms with Crippen LogP contribution in [0.3, 0.4) is 0 Å². The third-order valence-corrected chi connectivity index (χ3v) is 3.16. The van der Waals surface area contributed by atoms with Crippen LogP contribution in [0.1, 0.15) is 11.1 Å². The van der Waals surface area contributed by atoms with Gasteiger partial charge in [0.1, 0.15) is 11.6 Å². The first-order valence-corrected chi connectivity index (χ1v) is 6.72. The fourth-order valence-corrected chi connectivity index (χ4v) is 2.00. The molecule has 0 bridgehead atoms. The van der Waals surface area contributed by atoms with Gasteiger partial charge in [-0.25, -0.2) is 4.39 Å². The molecule has 0 unspecified atom stereocenters. The second-order valence-corrected chi connectivity index (χ2v) is 4.85. The Morgan fingerprint density at radius 2 is 1.78 bits per heavy atom. The predicted octanol–water partition coefficient (Wildman–Crippen LogP) is 2.15. The van der Waals surface area contributed by atoms with Crippen LogP contribution in [-0.2, 0) is 12.6 Å². The van der Waals surface area contributed by atoms with Gasteiger partial charge in [0.25, 0.3) is 0 Å². The molecule has 2 aromatic rings. The average Bonchev–Trinajstić information content (AvgIpc) is 2.46. The minimum absolute atomic E-state index is 0.0573. The standard InChI is InChI=1S/C15H13BF4O3/c17-14-9-12(4-5-13(14)16(21)22)23-7-6-10-2-1-3-11(8-10)15(18,19)20/h1-5,8-9,21-22H,6-7H2. The summed E-state index contributed by atoms with van der Waals surface area (Å²) in [6.45, 7) is 0.0573. The van der Waals surface area contributed by atoms with Crippen LogP contribution in [0.2, 0.25) is 0 Å². The first kappa shape index (κ1) is 17.3. The zero-order valence-corrected chi connectivity index (χ0v) is 11.8. The Bertz CT molecular complexity index is 674. The maximum absolute atomic E-state index is 13.5. The molecule has 2 aromatic carbocycles. The number of hydrogen-bond donors (Lipinski definition) is 2. The third-order valence-electron chi connectivity index (χ3n) is 3.16. The van der Waals surface area contributed by atoms with Gasteiger partial charge in [-0.1, -0.05) is 24.3 Å². The van der Waals surface area contributed by atoms with Gasteiger partial charge >= 0.3 is 13.3 Å². The summed E-state index contributed by atoms with van der Waals surface area (Å²) in [7, 11) is -1.92. The lowest BCUT2D eigenvalue weighted by molar-refractivity contribution is -0.137. The quantitative estimate of drug-likeness (QED) is 0.653. The van der Waals surface area contributed by atoms with Crippen molar-refractivity contribution in [3.63, 3.8) is 0 Å². The Morgan fingerprint density at radius 1 is 1.04 bits per heavy atom. The molecule has 2 rings (SSSR count). The normalized spacial score (nSPS) is 11.4. The van der Waals surface area contributed by atoms with E-state index in [0.29, 0.717) is 5.56 Å². The minimum Gasteiger partial charge on any atom is -0.493 e. The summed E-state index contributed by atoms with van der Waals surface area (Å²) in [5.41, 5.74) is -0.569. The van der Waals surface area contributed by atoms with Crippen molar-refractivity contribution < 1.29 is 32.3 Å². The lowest BCUT2D eigenvalue weighted by Crippen LogP contribution is -2.32. The van der Waals surface area contributed by atoms with Crippen LogP contribution in [0.25, 0.3) is 0 Å². The van der Waals surface area contributed by atoms with E-state index in [0.717, 1.165) is 18.2 Å². The van der Waals surface area contributed by atoms with Crippen LogP contribution in [0, 0.1) is 5.82 Å². The molecule has 0 aromatic heterocycles. The average molecular weight is 328 g/mol. The molecule has 0 heterocycles. The molecule has 0 fully saturated rings. The van der Waals surface area contributed by atoms with Gasteiger partial charge in [-0.2, -0.15) is 13.2 Å². The Kier molecular flexibility index (Phi) is 5.28. The molecule has 0 amide bonds. The van der Waals surface area contributed by atoms with Crippen LogP contribution in [0.4, 0.5) is 17.6 Å². The van der Waals surface area contributed by atoms with E-state index in [1.54, 1.807) is 6.07 Å². The molecule has 0 aliphatic heterocycles. The summed E-state index contributed by atoms with van der Waals surface area (Å²) in [6.07, 6.45) is -4.18. The fraction of sp³-hybridized carbons (Fsp3) is 0.200. The largest absolute Gasteiger partial charge is 0.493 e. The summed E-state index contributed by atoms with van der Waals surface area (Å²) in [5.74, 6) is -0.685. The molecule has 0 atom stereocenters. The van der Waals surface area contributed by atoms with Gasteiger partial charge in [-0.05, 0) is 17.7 Å². The Hall–Kier alpha value is -2.06. The van der Waals surface area contributed by atoms with E-state index in [1.165, 1.54) is 18.2 Å². The van der Waals surface area contributed by atoms with Crippen LogP contribution < -0.4 is 10.2 Å². The van der Waals surface area contributed by atoms with Crippen molar-refractivity contribution in [2.75, 3.05) is 6.61 Å². The van der Waals surface area contributed by atoms with Gasteiger partial charge in [-0.15, -0.1) is 0 Å². The summed E-state index contributed by atoms with van der Waals surface area (Å²) >= 11 is 0. The van der Waals surface area contributed by atoms with Gasteiger partial charge < -0.3 is 14.8 Å². The predicted molar refractivity (Wildman–Crippen MR) is 76.9 cm³/mol. The second-order valence-electron chi connectivity index (χ2n) is 4.85. The minimum atomic E-state index is -4.40. The zero-order chi connectivity index (χ0) is 17.0. The second kappa shape index (κ2) is 7.01. The fourth-order valence-electron chi connectivity index (χ4n) is 2.00. The van der Waals surface area contributed by atoms with Gasteiger partial charge in [-0.3, -0.25) is 0 Å². The molecule has 8 heteroatoms. The molecule has 0 saturated carbocycles. The van der Waals surface area contributed by atoms with E-state index < -0.39 is 24.7 Å². The molecule has 0 saturated heterocycles. The molecule has 0 spiro atoms. The number of rotatable bonds is 5. The first-order chi connectivity index (χ1) is 10.8. The van der Waals surface area contributed by atoms with Crippen LogP contribution in [0.5, 0.6) is 5.75 Å². The molecule has 23 heavy (non-hydrogen) atoms. The Morgan fingerprint density at radius 3 is 2.39 bits per heavy atom. The van der Waals surface area contributed by atoms with E-state index in [9.17, 15) is 17.6 Å². The SMILES string of the molecule is OB(O)c1ccc(OCCc2cccc(C(F)(F)F)c2)cc1F. The number of halogens is 4. The summed E-state index contributed by atoms with van der Waals surface area (Å²) < 4.78 is 56.5. The van der Waals surface area contributed by atoms with E-state index >= 15 is 0 Å². The van der Waals surface area contributed by atoms with E-state index in [2.05, 4.69) is 0 Å². The highest BCUT2D eigenvalue weighted by atomic mass is 19.4. The third kappa shape index (κ3) is 4.71. The molecular formula is C15H13BF4O3. The summed E-state index contributed by atoms with van der Waals surface area (Å²) in [4.78, 5) is 0. The van der Waals surface area contributed by atoms with Crippen molar-refractivity contribution in [3.8, 4) is 5.75 Å². The first-order valence-electron chi connectivity index (χ1n) is 6.72. The van der Waals surface area contributed by atoms with Crippen molar-refractivity contribution in [2.24, 2.45) is 0 Å². The summed E-state index contributed by atoms with van der Waals surface area (Å²) in [5, 5.41) is 17.8. The van der Waals surface area contributed by atoms with Crippen LogP contribution in [0.15, 0.2) is 42.5 Å². The molecule has 0 aliphatic carbocycles. The van der Waals surface area contributed by atoms with Gasteiger partial charge in [0.15, 0.2) is 0 Å². The maximum atomic E-state index is 13.5. The van der Waals surface area contributed by atoms with E-state index in [1.807, 2.05) is 0 Å². The van der Waals surface area contributed by atoms with Crippen LogP contribution in [-0.4, -0.2) is 23.8 Å². The topological polar surface area (TPSA) is 49.7 Å². The summed E-state index contributed by atoms with van der Waals surface area (Å²) in [6, 6.07) is 8.39. The maximum Gasteiger partial charge on any atom is 0.491 e.